The fourth-order valence-electron chi connectivity index (χ4n) is 3.19. The first-order valence-corrected chi connectivity index (χ1v) is 9.76. The summed E-state index contributed by atoms with van der Waals surface area (Å²) >= 11 is 0. The largest absolute Gasteiger partial charge is 0.484 e. The molecule has 0 aliphatic rings. The molecule has 5 nitrogen and oxygen atoms in total. The van der Waals surface area contributed by atoms with Crippen LogP contribution in [0.15, 0.2) is 88.3 Å². The molecular formula is C25H21NO4. The van der Waals surface area contributed by atoms with Crippen LogP contribution in [0.3, 0.4) is 0 Å². The van der Waals surface area contributed by atoms with Gasteiger partial charge in [-0.05, 0) is 41.8 Å². The van der Waals surface area contributed by atoms with Crippen LogP contribution in [0.5, 0.6) is 5.75 Å². The average Bonchev–Trinajstić information content (AvgIpc) is 2.79. The highest BCUT2D eigenvalue weighted by molar-refractivity contribution is 5.92. The third-order valence-electron chi connectivity index (χ3n) is 4.85. The predicted molar refractivity (Wildman–Crippen MR) is 118 cm³/mol. The number of rotatable bonds is 6. The van der Waals surface area contributed by atoms with Gasteiger partial charge in [0.25, 0.3) is 5.91 Å². The number of fused-ring (bicyclic) bond motifs is 1. The molecule has 0 spiro atoms. The van der Waals surface area contributed by atoms with Crippen LogP contribution in [0, 0.1) is 0 Å². The van der Waals surface area contributed by atoms with Crippen LogP contribution in [0.1, 0.15) is 12.5 Å². The van der Waals surface area contributed by atoms with E-state index in [4.69, 9.17) is 9.15 Å². The topological polar surface area (TPSA) is 68.5 Å². The summed E-state index contributed by atoms with van der Waals surface area (Å²) in [6.45, 7) is 1.93. The van der Waals surface area contributed by atoms with Crippen molar-refractivity contribution in [2.24, 2.45) is 0 Å². The van der Waals surface area contributed by atoms with E-state index >= 15 is 0 Å². The number of aryl methyl sites for hydroxylation is 1. The third kappa shape index (κ3) is 4.25. The van der Waals surface area contributed by atoms with Crippen LogP contribution in [-0.4, -0.2) is 12.5 Å². The summed E-state index contributed by atoms with van der Waals surface area (Å²) in [5.74, 6) is 0.190. The van der Waals surface area contributed by atoms with Gasteiger partial charge in [0.2, 0.25) is 0 Å². The number of benzene rings is 3. The zero-order chi connectivity index (χ0) is 20.9. The Kier molecular flexibility index (Phi) is 5.61. The van der Waals surface area contributed by atoms with Crippen molar-refractivity contribution >= 4 is 22.6 Å². The normalized spacial score (nSPS) is 10.7. The van der Waals surface area contributed by atoms with Gasteiger partial charge in [-0.15, -0.1) is 0 Å². The summed E-state index contributed by atoms with van der Waals surface area (Å²) in [6, 6.07) is 22.0. The Morgan fingerprint density at radius 2 is 1.77 bits per heavy atom. The number of ether oxygens (including phenoxy) is 1. The van der Waals surface area contributed by atoms with Crippen LogP contribution in [0.4, 0.5) is 5.69 Å². The first-order chi connectivity index (χ1) is 14.6. The molecule has 0 atom stereocenters. The van der Waals surface area contributed by atoms with Crippen molar-refractivity contribution in [2.45, 2.75) is 13.3 Å². The molecule has 1 N–H and O–H groups in total. The molecule has 0 aliphatic heterocycles. The lowest BCUT2D eigenvalue weighted by atomic mass is 10.1. The van der Waals surface area contributed by atoms with Gasteiger partial charge in [-0.1, -0.05) is 49.4 Å². The van der Waals surface area contributed by atoms with E-state index < -0.39 is 0 Å². The predicted octanol–water partition coefficient (Wildman–Crippen LogP) is 5.04. The van der Waals surface area contributed by atoms with Crippen LogP contribution in [0.2, 0.25) is 0 Å². The van der Waals surface area contributed by atoms with Gasteiger partial charge in [0.05, 0.1) is 10.9 Å². The number of anilines is 1. The van der Waals surface area contributed by atoms with Crippen molar-refractivity contribution in [2.75, 3.05) is 11.9 Å². The molecule has 150 valence electrons. The molecule has 4 rings (SSSR count). The first-order valence-electron chi connectivity index (χ1n) is 9.76. The second-order valence-corrected chi connectivity index (χ2v) is 6.89. The van der Waals surface area contributed by atoms with Gasteiger partial charge in [0.1, 0.15) is 17.6 Å². The number of carbonyl (C=O) groups excluding carboxylic acids is 1. The van der Waals surface area contributed by atoms with Crippen molar-refractivity contribution in [1.82, 2.24) is 0 Å². The fourth-order valence-corrected chi connectivity index (χ4v) is 3.19. The van der Waals surface area contributed by atoms with Gasteiger partial charge >= 0.3 is 0 Å². The van der Waals surface area contributed by atoms with E-state index in [0.717, 1.165) is 17.7 Å². The number of hydrogen-bond donors (Lipinski definition) is 1. The summed E-state index contributed by atoms with van der Waals surface area (Å²) < 4.78 is 11.2. The molecule has 4 aromatic rings. The van der Waals surface area contributed by atoms with Gasteiger partial charge < -0.3 is 14.5 Å². The maximum atomic E-state index is 12.8. The molecule has 0 radical (unpaired) electrons. The number of hydrogen-bond acceptors (Lipinski definition) is 4. The maximum Gasteiger partial charge on any atom is 0.262 e. The van der Waals surface area contributed by atoms with E-state index in [2.05, 4.69) is 12.2 Å². The Balaban J connectivity index is 1.46. The molecule has 30 heavy (non-hydrogen) atoms. The highest BCUT2D eigenvalue weighted by Gasteiger charge is 2.11. The Labute approximate surface area is 173 Å². The lowest BCUT2D eigenvalue weighted by Crippen LogP contribution is -2.20. The van der Waals surface area contributed by atoms with Gasteiger partial charge in [-0.2, -0.15) is 0 Å². The molecule has 0 fully saturated rings. The molecule has 1 heterocycles. The monoisotopic (exact) mass is 399 g/mol. The molecule has 0 saturated heterocycles. The number of nitrogens with one attached hydrogen (secondary N) is 1. The summed E-state index contributed by atoms with van der Waals surface area (Å²) in [4.78, 5) is 24.9. The fraction of sp³-hybridized carbons (Fsp3) is 0.120. The zero-order valence-corrected chi connectivity index (χ0v) is 16.6. The molecule has 5 heteroatoms. The van der Waals surface area contributed by atoms with Gasteiger partial charge in [0, 0.05) is 11.8 Å². The maximum absolute atomic E-state index is 12.8. The number of carbonyl (C=O) groups is 1. The Morgan fingerprint density at radius 3 is 2.50 bits per heavy atom. The Hall–Kier alpha value is -3.86. The molecule has 0 saturated carbocycles. The molecule has 0 bridgehead atoms. The van der Waals surface area contributed by atoms with Gasteiger partial charge in [-0.25, -0.2) is 0 Å². The summed E-state index contributed by atoms with van der Waals surface area (Å²) in [5.41, 5.74) is 3.54. The minimum atomic E-state index is -0.264. The summed E-state index contributed by atoms with van der Waals surface area (Å²) in [7, 11) is 0. The molecular weight excluding hydrogens is 378 g/mol. The lowest BCUT2D eigenvalue weighted by Gasteiger charge is -2.09. The SMILES string of the molecule is CCc1ccc(NC(=O)COc2ccc3c(=O)c(-c4ccccc4)coc3c2)cc1. The van der Waals surface area contributed by atoms with E-state index in [1.807, 2.05) is 54.6 Å². The molecule has 1 amide bonds. The third-order valence-corrected chi connectivity index (χ3v) is 4.85. The van der Waals surface area contributed by atoms with E-state index in [1.54, 1.807) is 18.2 Å². The average molecular weight is 399 g/mol. The van der Waals surface area contributed by atoms with Crippen molar-refractivity contribution in [1.29, 1.82) is 0 Å². The Morgan fingerprint density at radius 1 is 1.00 bits per heavy atom. The van der Waals surface area contributed by atoms with Crippen molar-refractivity contribution in [3.8, 4) is 16.9 Å². The van der Waals surface area contributed by atoms with Gasteiger partial charge in [0.15, 0.2) is 12.0 Å². The highest BCUT2D eigenvalue weighted by Crippen LogP contribution is 2.23. The van der Waals surface area contributed by atoms with Crippen molar-refractivity contribution in [3.05, 3.63) is 94.8 Å². The van der Waals surface area contributed by atoms with E-state index in [-0.39, 0.29) is 17.9 Å². The van der Waals surface area contributed by atoms with Crippen LogP contribution >= 0.6 is 0 Å². The lowest BCUT2D eigenvalue weighted by molar-refractivity contribution is -0.118. The van der Waals surface area contributed by atoms with Crippen LogP contribution in [0.25, 0.3) is 22.1 Å². The van der Waals surface area contributed by atoms with E-state index in [9.17, 15) is 9.59 Å². The first kappa shape index (κ1) is 19.5. The van der Waals surface area contributed by atoms with Crippen LogP contribution in [-0.2, 0) is 11.2 Å². The molecule has 1 aromatic heterocycles. The van der Waals surface area contributed by atoms with Crippen molar-refractivity contribution in [3.63, 3.8) is 0 Å². The standard InChI is InChI=1S/C25H21NO4/c1-2-17-8-10-19(11-9-17)26-24(27)16-29-20-12-13-21-23(14-20)30-15-22(25(21)28)18-6-4-3-5-7-18/h3-15H,2,16H2,1H3,(H,26,27). The minimum absolute atomic E-state index is 0.109. The van der Waals surface area contributed by atoms with E-state index in [0.29, 0.717) is 22.3 Å². The Bertz CT molecular complexity index is 1230. The van der Waals surface area contributed by atoms with Gasteiger partial charge in [-0.3, -0.25) is 9.59 Å². The summed E-state index contributed by atoms with van der Waals surface area (Å²) in [6.07, 6.45) is 2.40. The zero-order valence-electron chi connectivity index (χ0n) is 16.6. The second-order valence-electron chi connectivity index (χ2n) is 6.89. The van der Waals surface area contributed by atoms with E-state index in [1.165, 1.54) is 11.8 Å². The smallest absolute Gasteiger partial charge is 0.262 e. The number of amides is 1. The van der Waals surface area contributed by atoms with Crippen molar-refractivity contribution < 1.29 is 13.9 Å². The quantitative estimate of drug-likeness (QED) is 0.493. The highest BCUT2D eigenvalue weighted by atomic mass is 16.5. The minimum Gasteiger partial charge on any atom is -0.484 e. The van der Waals surface area contributed by atoms with Crippen LogP contribution < -0.4 is 15.5 Å². The summed E-state index contributed by atoms with van der Waals surface area (Å²) in [5, 5.41) is 3.26. The molecule has 3 aromatic carbocycles. The molecule has 0 aliphatic carbocycles. The second kappa shape index (κ2) is 8.66. The molecule has 0 unspecified atom stereocenters.